The highest BCUT2D eigenvalue weighted by molar-refractivity contribution is 6.17. The van der Waals surface area contributed by atoms with Gasteiger partial charge in [-0.1, -0.05) is 115 Å². The molecule has 3 aromatic heterocycles. The molecular formula is C48H31N3. The molecule has 3 heterocycles. The van der Waals surface area contributed by atoms with Gasteiger partial charge in [0.05, 0.1) is 60.5 Å². The monoisotopic (exact) mass is 669 g/mol. The van der Waals surface area contributed by atoms with Crippen LogP contribution in [0.5, 0.6) is 0 Å². The Bertz CT molecular complexity index is 4270. The molecule has 0 saturated carbocycles. The largest absolute Gasteiger partial charge is 0.309 e. The molecule has 51 heavy (non-hydrogen) atoms. The van der Waals surface area contributed by atoms with Crippen LogP contribution in [-0.4, -0.2) is 13.7 Å². The van der Waals surface area contributed by atoms with E-state index in [-0.39, 0.29) is 49.7 Å². The first kappa shape index (κ1) is 15.0. The Morgan fingerprint density at radius 1 is 0.333 bits per heavy atom. The van der Waals surface area contributed by atoms with Gasteiger partial charge in [-0.2, -0.15) is 0 Å². The van der Waals surface area contributed by atoms with E-state index in [0.29, 0.717) is 11.4 Å². The van der Waals surface area contributed by atoms with Gasteiger partial charge in [-0.3, -0.25) is 0 Å². The van der Waals surface area contributed by atoms with Crippen LogP contribution in [0.25, 0.3) is 93.6 Å². The van der Waals surface area contributed by atoms with Crippen molar-refractivity contribution < 1.29 is 27.4 Å². The second-order valence-corrected chi connectivity index (χ2v) is 11.8. The predicted molar refractivity (Wildman–Crippen MR) is 215 cm³/mol. The van der Waals surface area contributed by atoms with Gasteiger partial charge in [0.15, 0.2) is 0 Å². The van der Waals surface area contributed by atoms with E-state index >= 15 is 0 Å². The van der Waals surface area contributed by atoms with Gasteiger partial charge >= 0.3 is 0 Å². The van der Waals surface area contributed by atoms with Gasteiger partial charge in [0, 0.05) is 49.4 Å². The minimum absolute atomic E-state index is 0.0334. The van der Waals surface area contributed by atoms with E-state index < -0.39 is 153 Å². The molecule has 0 amide bonds. The van der Waals surface area contributed by atoms with Gasteiger partial charge in [-0.25, -0.2) is 0 Å². The Labute approximate surface area is 322 Å². The van der Waals surface area contributed by atoms with Crippen LogP contribution in [0, 0.1) is 0 Å². The molecule has 0 N–H and O–H groups in total. The fourth-order valence-corrected chi connectivity index (χ4v) is 6.97. The van der Waals surface area contributed by atoms with Crippen LogP contribution in [0.1, 0.15) is 27.4 Å². The first-order valence-electron chi connectivity index (χ1n) is 25.9. The van der Waals surface area contributed by atoms with Crippen molar-refractivity contribution in [2.24, 2.45) is 0 Å². The van der Waals surface area contributed by atoms with Crippen molar-refractivity contribution in [3.05, 3.63) is 188 Å². The summed E-state index contributed by atoms with van der Waals surface area (Å²) < 4.78 is 188. The van der Waals surface area contributed by atoms with Crippen LogP contribution in [0.2, 0.25) is 0 Å². The maximum Gasteiger partial charge on any atom is 0.0667 e. The van der Waals surface area contributed by atoms with Gasteiger partial charge in [-0.15, -0.1) is 0 Å². The number of aromatic nitrogens is 3. The van der Waals surface area contributed by atoms with Crippen LogP contribution < -0.4 is 0 Å². The molecule has 0 aliphatic heterocycles. The van der Waals surface area contributed by atoms with Crippen LogP contribution in [0.4, 0.5) is 0 Å². The third-order valence-electron chi connectivity index (χ3n) is 9.10. The molecular weight excluding hydrogens is 619 g/mol. The number of hydrogen-bond donors (Lipinski definition) is 0. The molecule has 3 nitrogen and oxygen atoms in total. The van der Waals surface area contributed by atoms with Crippen LogP contribution in [0.15, 0.2) is 188 Å². The summed E-state index contributed by atoms with van der Waals surface area (Å²) in [5.74, 6) is 0. The topological polar surface area (TPSA) is 14.8 Å². The van der Waals surface area contributed by atoms with E-state index in [2.05, 4.69) is 0 Å². The van der Waals surface area contributed by atoms with Crippen molar-refractivity contribution in [2.45, 2.75) is 0 Å². The Hall–Kier alpha value is -6.84. The lowest BCUT2D eigenvalue weighted by molar-refractivity contribution is 1.15. The second-order valence-electron chi connectivity index (χ2n) is 11.8. The van der Waals surface area contributed by atoms with Gasteiger partial charge < -0.3 is 13.7 Å². The SMILES string of the molecule is [2H]c1cc2c3c([2H])c([2H])c(-n4c5c([2H])c([2H])c([2H])c([2H])c5c5c([2H])c(-c6c([2H])c([2H])c([2H])c7c6c6c([2H])c([2H])c([2H])c([2H])c6n7-c6ccccc6)c([2H])c([2H])c54)c([2H])c3n(-c3ccccc3)c2c([2H])c1[2H]. The summed E-state index contributed by atoms with van der Waals surface area (Å²) in [6.45, 7) is 0. The molecule has 238 valence electrons. The fraction of sp³-hybridized carbons (Fsp3) is 0. The molecule has 8 aromatic carbocycles. The number of nitrogens with zero attached hydrogens (tertiary/aromatic N) is 3. The van der Waals surface area contributed by atoms with Gasteiger partial charge in [0.2, 0.25) is 0 Å². The lowest BCUT2D eigenvalue weighted by Gasteiger charge is -2.12. The average molecular weight is 670 g/mol. The van der Waals surface area contributed by atoms with E-state index in [9.17, 15) is 15.1 Å². The fourth-order valence-electron chi connectivity index (χ4n) is 6.97. The summed E-state index contributed by atoms with van der Waals surface area (Å²) in [4.78, 5) is 0. The van der Waals surface area contributed by atoms with Gasteiger partial charge in [-0.05, 0) is 83.7 Å². The summed E-state index contributed by atoms with van der Waals surface area (Å²) in [6.07, 6.45) is 0. The van der Waals surface area contributed by atoms with Crippen LogP contribution >= 0.6 is 0 Å². The molecule has 0 radical (unpaired) electrons. The molecule has 0 fully saturated rings. The average Bonchev–Trinajstić information content (AvgIpc) is 4.03. The molecule has 0 saturated heterocycles. The lowest BCUT2D eigenvalue weighted by Crippen LogP contribution is -1.96. The number of fused-ring (bicyclic) bond motifs is 9. The third kappa shape index (κ3) is 4.06. The number of benzene rings is 8. The summed E-state index contributed by atoms with van der Waals surface area (Å²) in [5, 5.41) is -1.24. The zero-order valence-electron chi connectivity index (χ0n) is 46.2. The van der Waals surface area contributed by atoms with E-state index in [1.165, 1.54) is 15.2 Å². The van der Waals surface area contributed by atoms with E-state index in [4.69, 9.17) is 12.3 Å². The van der Waals surface area contributed by atoms with Crippen molar-refractivity contribution in [2.75, 3.05) is 0 Å². The molecule has 3 heteroatoms. The zero-order valence-corrected chi connectivity index (χ0v) is 26.2. The van der Waals surface area contributed by atoms with Crippen LogP contribution in [0.3, 0.4) is 0 Å². The molecule has 0 bridgehead atoms. The summed E-state index contributed by atoms with van der Waals surface area (Å²) >= 11 is 0. The quantitative estimate of drug-likeness (QED) is 0.177. The predicted octanol–water partition coefficient (Wildman–Crippen LogP) is 12.6. The Balaban J connectivity index is 1.38. The minimum Gasteiger partial charge on any atom is -0.309 e. The van der Waals surface area contributed by atoms with Crippen molar-refractivity contribution in [1.82, 2.24) is 13.7 Å². The van der Waals surface area contributed by atoms with E-state index in [1.54, 1.807) is 60.7 Å². The molecule has 0 spiro atoms. The van der Waals surface area contributed by atoms with Crippen molar-refractivity contribution in [3.8, 4) is 28.2 Å². The van der Waals surface area contributed by atoms with E-state index in [1.807, 2.05) is 0 Å². The molecule has 11 rings (SSSR count). The number of rotatable bonds is 4. The summed E-state index contributed by atoms with van der Waals surface area (Å²) in [6, 6.07) is 4.82. The van der Waals surface area contributed by atoms with Gasteiger partial charge in [0.25, 0.3) is 0 Å². The van der Waals surface area contributed by atoms with Crippen molar-refractivity contribution in [1.29, 1.82) is 0 Å². The molecule has 0 aliphatic carbocycles. The summed E-state index contributed by atoms with van der Waals surface area (Å²) in [7, 11) is 0. The normalized spacial score (nSPS) is 17.4. The van der Waals surface area contributed by atoms with Crippen LogP contribution in [-0.2, 0) is 0 Å². The standard InChI is InChI=1S/C48H31N3/c1-3-14-33(15-4-1)49-44-24-12-9-20-40(44)48-36(21-13-25-46(48)49)32-26-29-45-41(30-32)38-19-8-11-23-43(38)51(45)35-27-28-39-37-18-7-10-22-42(37)50(47(39)31-35)34-16-5-2-6-17-34/h1-31H/i7D,8D,9D,10D,11D,12D,13D,19D,20D,21D,22D,23D,24D,25D,26D,27D,28D,29D,30D,31D. The zero-order chi connectivity index (χ0) is 50.9. The molecule has 11 aromatic rings. The van der Waals surface area contributed by atoms with Crippen molar-refractivity contribution in [3.63, 3.8) is 0 Å². The second kappa shape index (κ2) is 10.8. The smallest absolute Gasteiger partial charge is 0.0667 e. The molecule has 0 aliphatic rings. The minimum atomic E-state index is -0.830. The summed E-state index contributed by atoms with van der Waals surface area (Å²) in [5.41, 5.74) is -2.20. The Morgan fingerprint density at radius 3 is 1.67 bits per heavy atom. The molecule has 0 unspecified atom stereocenters. The lowest BCUT2D eigenvalue weighted by atomic mass is 9.98. The first-order chi connectivity index (χ1) is 33.7. The van der Waals surface area contributed by atoms with E-state index in [0.717, 1.165) is 4.57 Å². The van der Waals surface area contributed by atoms with Gasteiger partial charge in [0.1, 0.15) is 0 Å². The third-order valence-corrected chi connectivity index (χ3v) is 9.10. The maximum atomic E-state index is 10.1. The highest BCUT2D eigenvalue weighted by atomic mass is 15.0. The number of para-hydroxylation sites is 5. The first-order valence-corrected chi connectivity index (χ1v) is 15.9. The molecule has 0 atom stereocenters. The highest BCUT2D eigenvalue weighted by Gasteiger charge is 2.19. The van der Waals surface area contributed by atoms with Crippen molar-refractivity contribution >= 4 is 65.4 Å². The highest BCUT2D eigenvalue weighted by Crippen LogP contribution is 2.42. The number of hydrogen-bond acceptors (Lipinski definition) is 0. The Morgan fingerprint density at radius 2 is 0.902 bits per heavy atom. The maximum absolute atomic E-state index is 10.1. The Kier molecular flexibility index (Phi) is 3.18.